The number of fused-ring (bicyclic) bond motifs is 1. The molecule has 0 aliphatic carbocycles. The van der Waals surface area contributed by atoms with Gasteiger partial charge in [-0.05, 0) is 61.5 Å². The van der Waals surface area contributed by atoms with Crippen LogP contribution in [0.4, 0.5) is 5.69 Å². The van der Waals surface area contributed by atoms with Crippen molar-refractivity contribution in [3.05, 3.63) is 46.2 Å². The maximum Gasteiger partial charge on any atom is 0.228 e. The first-order valence-electron chi connectivity index (χ1n) is 9.48. The summed E-state index contributed by atoms with van der Waals surface area (Å²) >= 11 is 1.77. The number of amides is 2. The van der Waals surface area contributed by atoms with Crippen LogP contribution in [-0.4, -0.2) is 36.4 Å². The first-order valence-corrected chi connectivity index (χ1v) is 10.4. The molecule has 0 bridgehead atoms. The average molecular weight is 385 g/mol. The number of nitrogens with zero attached hydrogens (tertiary/aromatic N) is 2. The fourth-order valence-electron chi connectivity index (χ4n) is 4.06. The molecule has 1 fully saturated rings. The van der Waals surface area contributed by atoms with E-state index >= 15 is 0 Å². The Balaban J connectivity index is 1.46. The standard InChI is InChI=1S/C21H24N2O3S/c1-3-26-17-6-4-16(5-7-17)23-13-15(12-20(23)24)21(25)22-10-8-19-18(14(22)2)9-11-27-19/h4-7,9,11,14-15H,3,8,10,12-13H2,1-2H3. The summed E-state index contributed by atoms with van der Waals surface area (Å²) in [6, 6.07) is 9.71. The fraction of sp³-hybridized carbons (Fsp3) is 0.429. The third kappa shape index (κ3) is 3.34. The molecule has 1 aromatic heterocycles. The van der Waals surface area contributed by atoms with E-state index < -0.39 is 0 Å². The van der Waals surface area contributed by atoms with Crippen molar-refractivity contribution in [1.82, 2.24) is 4.90 Å². The molecule has 0 radical (unpaired) electrons. The third-order valence-electron chi connectivity index (χ3n) is 5.49. The number of hydrogen-bond donors (Lipinski definition) is 0. The van der Waals surface area contributed by atoms with E-state index in [0.717, 1.165) is 24.4 Å². The minimum Gasteiger partial charge on any atom is -0.494 e. The summed E-state index contributed by atoms with van der Waals surface area (Å²) in [5.41, 5.74) is 2.08. The van der Waals surface area contributed by atoms with Crippen molar-refractivity contribution in [2.75, 3.05) is 24.6 Å². The number of ether oxygens (including phenoxy) is 1. The van der Waals surface area contributed by atoms with Crippen molar-refractivity contribution in [3.8, 4) is 5.75 Å². The fourth-order valence-corrected chi connectivity index (χ4v) is 5.02. The Labute approximate surface area is 163 Å². The largest absolute Gasteiger partial charge is 0.494 e. The molecular formula is C21H24N2O3S. The van der Waals surface area contributed by atoms with Crippen LogP contribution in [0.3, 0.4) is 0 Å². The zero-order chi connectivity index (χ0) is 19.0. The molecule has 142 valence electrons. The molecule has 3 heterocycles. The van der Waals surface area contributed by atoms with Gasteiger partial charge >= 0.3 is 0 Å². The van der Waals surface area contributed by atoms with Crippen LogP contribution in [0.2, 0.25) is 0 Å². The summed E-state index contributed by atoms with van der Waals surface area (Å²) < 4.78 is 5.46. The number of carbonyl (C=O) groups excluding carboxylic acids is 2. The number of anilines is 1. The van der Waals surface area contributed by atoms with E-state index in [1.165, 1.54) is 10.4 Å². The number of benzene rings is 1. The summed E-state index contributed by atoms with van der Waals surface area (Å²) in [5, 5.41) is 2.10. The Morgan fingerprint density at radius 2 is 2.04 bits per heavy atom. The van der Waals surface area contributed by atoms with Crippen LogP contribution in [0.1, 0.15) is 36.8 Å². The Bertz CT molecular complexity index is 845. The normalized spacial score (nSPS) is 22.1. The Morgan fingerprint density at radius 3 is 2.78 bits per heavy atom. The van der Waals surface area contributed by atoms with Gasteiger partial charge in [0.05, 0.1) is 18.6 Å². The molecule has 0 spiro atoms. The van der Waals surface area contributed by atoms with Crippen molar-refractivity contribution < 1.29 is 14.3 Å². The summed E-state index contributed by atoms with van der Waals surface area (Å²) in [6.07, 6.45) is 1.19. The van der Waals surface area contributed by atoms with Crippen LogP contribution in [0.25, 0.3) is 0 Å². The topological polar surface area (TPSA) is 49.9 Å². The number of rotatable bonds is 4. The van der Waals surface area contributed by atoms with Crippen LogP contribution >= 0.6 is 11.3 Å². The van der Waals surface area contributed by atoms with Crippen molar-refractivity contribution >= 4 is 28.8 Å². The minimum absolute atomic E-state index is 0.0124. The zero-order valence-corrected chi connectivity index (χ0v) is 16.5. The van der Waals surface area contributed by atoms with Crippen molar-refractivity contribution in [2.45, 2.75) is 32.7 Å². The lowest BCUT2D eigenvalue weighted by atomic mass is 9.98. The number of carbonyl (C=O) groups is 2. The third-order valence-corrected chi connectivity index (χ3v) is 6.49. The Hall–Kier alpha value is -2.34. The van der Waals surface area contributed by atoms with Gasteiger partial charge in [0, 0.05) is 30.1 Å². The van der Waals surface area contributed by atoms with E-state index in [9.17, 15) is 9.59 Å². The summed E-state index contributed by atoms with van der Waals surface area (Å²) in [7, 11) is 0. The molecule has 2 amide bonds. The molecule has 27 heavy (non-hydrogen) atoms. The van der Waals surface area contributed by atoms with Gasteiger partial charge in [-0.1, -0.05) is 0 Å². The lowest BCUT2D eigenvalue weighted by molar-refractivity contribution is -0.138. The molecule has 2 aliphatic rings. The van der Waals surface area contributed by atoms with Gasteiger partial charge in [0.2, 0.25) is 11.8 Å². The Morgan fingerprint density at radius 1 is 1.26 bits per heavy atom. The molecule has 2 unspecified atom stereocenters. The molecule has 2 aliphatic heterocycles. The first kappa shape index (κ1) is 18.0. The molecule has 2 aromatic rings. The van der Waals surface area contributed by atoms with Crippen LogP contribution in [-0.2, 0) is 16.0 Å². The quantitative estimate of drug-likeness (QED) is 0.809. The second-order valence-electron chi connectivity index (χ2n) is 7.09. The van der Waals surface area contributed by atoms with Gasteiger partial charge in [-0.3, -0.25) is 9.59 Å². The predicted octanol–water partition coefficient (Wildman–Crippen LogP) is 3.65. The van der Waals surface area contributed by atoms with Crippen LogP contribution in [0.15, 0.2) is 35.7 Å². The monoisotopic (exact) mass is 384 g/mol. The maximum absolute atomic E-state index is 13.1. The average Bonchev–Trinajstić information content (AvgIpc) is 3.30. The van der Waals surface area contributed by atoms with Gasteiger partial charge < -0.3 is 14.5 Å². The highest BCUT2D eigenvalue weighted by molar-refractivity contribution is 7.10. The molecular weight excluding hydrogens is 360 g/mol. The van der Waals surface area contributed by atoms with Crippen molar-refractivity contribution in [3.63, 3.8) is 0 Å². The highest BCUT2D eigenvalue weighted by Crippen LogP contribution is 2.35. The van der Waals surface area contributed by atoms with Gasteiger partial charge in [0.1, 0.15) is 5.75 Å². The highest BCUT2D eigenvalue weighted by Gasteiger charge is 2.39. The first-order chi connectivity index (χ1) is 13.1. The van der Waals surface area contributed by atoms with E-state index in [2.05, 4.69) is 18.4 Å². The molecule has 5 nitrogen and oxygen atoms in total. The lowest BCUT2D eigenvalue weighted by Crippen LogP contribution is -2.42. The van der Waals surface area contributed by atoms with Gasteiger partial charge in [0.15, 0.2) is 0 Å². The summed E-state index contributed by atoms with van der Waals surface area (Å²) in [6.45, 7) is 5.82. The van der Waals surface area contributed by atoms with Gasteiger partial charge in [0.25, 0.3) is 0 Å². The molecule has 4 rings (SSSR count). The second kappa shape index (κ2) is 7.35. The Kier molecular flexibility index (Phi) is 4.91. The SMILES string of the molecule is CCOc1ccc(N2CC(C(=O)N3CCc4sccc4C3C)CC2=O)cc1. The lowest BCUT2D eigenvalue weighted by Gasteiger charge is -2.35. The maximum atomic E-state index is 13.1. The van der Waals surface area contributed by atoms with Crippen molar-refractivity contribution in [1.29, 1.82) is 0 Å². The molecule has 0 saturated carbocycles. The molecule has 1 saturated heterocycles. The van der Waals surface area contributed by atoms with E-state index in [1.807, 2.05) is 36.1 Å². The second-order valence-corrected chi connectivity index (χ2v) is 8.09. The van der Waals surface area contributed by atoms with Gasteiger partial charge in [-0.2, -0.15) is 0 Å². The zero-order valence-electron chi connectivity index (χ0n) is 15.7. The van der Waals surface area contributed by atoms with E-state index in [1.54, 1.807) is 16.2 Å². The van der Waals surface area contributed by atoms with Crippen LogP contribution in [0.5, 0.6) is 5.75 Å². The van der Waals surface area contributed by atoms with Crippen molar-refractivity contribution in [2.24, 2.45) is 5.92 Å². The molecule has 0 N–H and O–H groups in total. The minimum atomic E-state index is -0.272. The number of hydrogen-bond acceptors (Lipinski definition) is 4. The van der Waals surface area contributed by atoms with E-state index in [-0.39, 0.29) is 30.2 Å². The number of thiophene rings is 1. The van der Waals surface area contributed by atoms with Crippen LogP contribution in [0, 0.1) is 5.92 Å². The molecule has 1 aromatic carbocycles. The van der Waals surface area contributed by atoms with E-state index in [0.29, 0.717) is 13.2 Å². The summed E-state index contributed by atoms with van der Waals surface area (Å²) in [4.78, 5) is 30.7. The molecule has 6 heteroatoms. The predicted molar refractivity (Wildman–Crippen MR) is 106 cm³/mol. The van der Waals surface area contributed by atoms with Gasteiger partial charge in [-0.25, -0.2) is 0 Å². The smallest absolute Gasteiger partial charge is 0.228 e. The highest BCUT2D eigenvalue weighted by atomic mass is 32.1. The van der Waals surface area contributed by atoms with Gasteiger partial charge in [-0.15, -0.1) is 11.3 Å². The molecule has 2 atom stereocenters. The summed E-state index contributed by atoms with van der Waals surface area (Å²) in [5.74, 6) is 0.625. The van der Waals surface area contributed by atoms with Crippen LogP contribution < -0.4 is 9.64 Å². The van der Waals surface area contributed by atoms with E-state index in [4.69, 9.17) is 4.74 Å².